The van der Waals surface area contributed by atoms with Gasteiger partial charge in [-0.05, 0) is 37.5 Å². The number of dihydropyridines is 1. The van der Waals surface area contributed by atoms with Crippen molar-refractivity contribution in [2.75, 3.05) is 0 Å². The number of nitrogens with zero attached hydrogens (tertiary/aromatic N) is 1. The first-order valence-corrected chi connectivity index (χ1v) is 10.2. The first-order valence-electron chi connectivity index (χ1n) is 10.2. The Hall–Kier alpha value is -2.03. The summed E-state index contributed by atoms with van der Waals surface area (Å²) in [5.74, 6) is 1.03. The molecule has 30 heavy (non-hydrogen) atoms. The number of allylic oxidation sites excluding steroid dienone is 5. The SMILES string of the molecule is CC(=O)/C=C(/C)O.Cc1[c-]c(C2=NC3C=C(CC(C)C)C=CC3C=C2)cc(C)c1.[Ir]. The minimum atomic E-state index is -0.125. The fourth-order valence-corrected chi connectivity index (χ4v) is 3.54. The van der Waals surface area contributed by atoms with Gasteiger partial charge in [0.2, 0.25) is 0 Å². The molecule has 1 aromatic carbocycles. The van der Waals surface area contributed by atoms with E-state index in [1.807, 2.05) is 0 Å². The van der Waals surface area contributed by atoms with E-state index in [2.05, 4.69) is 76.3 Å². The second-order valence-corrected chi connectivity index (χ2v) is 8.29. The number of aliphatic imine (C=N–C) groups is 1. The summed E-state index contributed by atoms with van der Waals surface area (Å²) in [6.07, 6.45) is 13.6. The van der Waals surface area contributed by atoms with E-state index in [9.17, 15) is 4.79 Å². The van der Waals surface area contributed by atoms with Crippen molar-refractivity contribution >= 4 is 11.5 Å². The molecule has 0 amide bonds. The normalized spacial score (nSPS) is 19.8. The monoisotopic (exact) mass is 583 g/mol. The number of carbonyl (C=O) groups is 1. The van der Waals surface area contributed by atoms with Gasteiger partial charge < -0.3 is 10.1 Å². The van der Waals surface area contributed by atoms with E-state index in [1.165, 1.54) is 36.6 Å². The Balaban J connectivity index is 0.000000489. The Bertz CT molecular complexity index is 879. The summed E-state index contributed by atoms with van der Waals surface area (Å²) in [5, 5.41) is 8.36. The predicted molar refractivity (Wildman–Crippen MR) is 121 cm³/mol. The maximum Gasteiger partial charge on any atom is 0.155 e. The van der Waals surface area contributed by atoms with Crippen molar-refractivity contribution < 1.29 is 30.0 Å². The van der Waals surface area contributed by atoms with Gasteiger partial charge in [0, 0.05) is 32.1 Å². The van der Waals surface area contributed by atoms with Gasteiger partial charge in [0.15, 0.2) is 5.78 Å². The molecule has 1 aliphatic heterocycles. The summed E-state index contributed by atoms with van der Waals surface area (Å²) in [4.78, 5) is 15.0. The summed E-state index contributed by atoms with van der Waals surface area (Å²) >= 11 is 0. The average molecular weight is 583 g/mol. The van der Waals surface area contributed by atoms with E-state index in [-0.39, 0.29) is 37.7 Å². The van der Waals surface area contributed by atoms with Crippen molar-refractivity contribution in [1.29, 1.82) is 0 Å². The van der Waals surface area contributed by atoms with Crippen molar-refractivity contribution in [3.63, 3.8) is 0 Å². The standard InChI is InChI=1S/C21H24N.C5H8O2.Ir/c1-14(2)9-17-5-6-18-7-8-20(22-21(18)13-17)19-11-15(3)10-16(4)12-19;1-4(6)3-5(2)7;/h5-8,10-11,13-14,18,21H,9H2,1-4H3;3,6H,1-2H3;/q-1;;/b;4-3-;. The van der Waals surface area contributed by atoms with Crippen LogP contribution in [0, 0.1) is 31.7 Å². The van der Waals surface area contributed by atoms with Crippen LogP contribution in [0.25, 0.3) is 0 Å². The third-order valence-electron chi connectivity index (χ3n) is 4.56. The summed E-state index contributed by atoms with van der Waals surface area (Å²) in [5.41, 5.74) is 6.03. The smallest absolute Gasteiger partial charge is 0.155 e. The molecule has 2 aliphatic rings. The zero-order valence-electron chi connectivity index (χ0n) is 18.7. The molecule has 163 valence electrons. The molecule has 0 saturated carbocycles. The Labute approximate surface area is 194 Å². The summed E-state index contributed by atoms with van der Waals surface area (Å²) in [6.45, 7) is 11.6. The molecule has 2 unspecified atom stereocenters. The van der Waals surface area contributed by atoms with Gasteiger partial charge in [0.25, 0.3) is 0 Å². The maximum absolute atomic E-state index is 10.0. The Kier molecular flexibility index (Phi) is 10.4. The second kappa shape index (κ2) is 12.0. The van der Waals surface area contributed by atoms with E-state index in [0.29, 0.717) is 11.8 Å². The molecule has 1 aliphatic carbocycles. The van der Waals surface area contributed by atoms with Crippen LogP contribution in [-0.4, -0.2) is 22.6 Å². The second-order valence-electron chi connectivity index (χ2n) is 8.29. The molecule has 3 rings (SSSR count). The topological polar surface area (TPSA) is 49.7 Å². The van der Waals surface area contributed by atoms with Crippen LogP contribution in [0.15, 0.2) is 64.9 Å². The fourth-order valence-electron chi connectivity index (χ4n) is 3.54. The van der Waals surface area contributed by atoms with Gasteiger partial charge in [-0.25, -0.2) is 0 Å². The zero-order valence-corrected chi connectivity index (χ0v) is 21.1. The molecule has 3 nitrogen and oxygen atoms in total. The van der Waals surface area contributed by atoms with Gasteiger partial charge in [0.1, 0.15) is 0 Å². The van der Waals surface area contributed by atoms with Crippen LogP contribution in [0.5, 0.6) is 0 Å². The van der Waals surface area contributed by atoms with Gasteiger partial charge in [-0.2, -0.15) is 0 Å². The van der Waals surface area contributed by atoms with E-state index in [4.69, 9.17) is 10.1 Å². The van der Waals surface area contributed by atoms with Gasteiger partial charge in [0.05, 0.1) is 11.8 Å². The minimum Gasteiger partial charge on any atom is -0.512 e. The molecule has 0 saturated heterocycles. The molecule has 0 fully saturated rings. The van der Waals surface area contributed by atoms with E-state index in [1.54, 1.807) is 0 Å². The van der Waals surface area contributed by atoms with Crippen LogP contribution < -0.4 is 0 Å². The molecule has 0 spiro atoms. The third-order valence-corrected chi connectivity index (χ3v) is 4.56. The number of fused-ring (bicyclic) bond motifs is 1. The van der Waals surface area contributed by atoms with Gasteiger partial charge >= 0.3 is 0 Å². The predicted octanol–water partition coefficient (Wildman–Crippen LogP) is 6.02. The van der Waals surface area contributed by atoms with Crippen LogP contribution in [0.2, 0.25) is 0 Å². The molecule has 1 aromatic rings. The van der Waals surface area contributed by atoms with Gasteiger partial charge in [-0.3, -0.25) is 4.79 Å². The molecular weight excluding hydrogens is 551 g/mol. The molecular formula is C26H32IrNO2-. The number of benzene rings is 1. The molecule has 0 bridgehead atoms. The van der Waals surface area contributed by atoms with E-state index < -0.39 is 0 Å². The molecule has 0 aromatic heterocycles. The summed E-state index contributed by atoms with van der Waals surface area (Å²) in [7, 11) is 0. The number of carbonyl (C=O) groups excluding carboxylic acids is 1. The number of aliphatic hydroxyl groups is 1. The molecule has 2 atom stereocenters. The number of aryl methyl sites for hydroxylation is 2. The summed E-state index contributed by atoms with van der Waals surface area (Å²) in [6, 6.07) is 8.01. The quantitative estimate of drug-likeness (QED) is 0.268. The Morgan fingerprint density at radius 3 is 2.40 bits per heavy atom. The first kappa shape index (κ1) is 26.0. The first-order chi connectivity index (χ1) is 13.6. The van der Waals surface area contributed by atoms with Gasteiger partial charge in [-0.1, -0.05) is 58.1 Å². The number of ketones is 1. The van der Waals surface area contributed by atoms with E-state index >= 15 is 0 Å². The molecule has 1 N–H and O–H groups in total. The average Bonchev–Trinajstić information content (AvgIpc) is 2.59. The van der Waals surface area contributed by atoms with Crippen molar-refractivity contribution in [2.45, 2.75) is 54.0 Å². The third kappa shape index (κ3) is 8.37. The van der Waals surface area contributed by atoms with E-state index in [0.717, 1.165) is 17.7 Å². The molecule has 1 heterocycles. The van der Waals surface area contributed by atoms with Gasteiger partial charge in [-0.15, -0.1) is 34.9 Å². The number of hydrogen-bond acceptors (Lipinski definition) is 3. The maximum atomic E-state index is 10.0. The number of rotatable bonds is 4. The Morgan fingerprint density at radius 1 is 1.20 bits per heavy atom. The minimum absolute atomic E-state index is 0. The Morgan fingerprint density at radius 2 is 1.87 bits per heavy atom. The van der Waals surface area contributed by atoms with Crippen LogP contribution in [0.1, 0.15) is 50.8 Å². The van der Waals surface area contributed by atoms with Crippen LogP contribution in [0.4, 0.5) is 0 Å². The zero-order chi connectivity index (χ0) is 21.6. The van der Waals surface area contributed by atoms with Crippen molar-refractivity contribution in [2.24, 2.45) is 16.8 Å². The van der Waals surface area contributed by atoms with Crippen LogP contribution in [-0.2, 0) is 24.9 Å². The van der Waals surface area contributed by atoms with Crippen molar-refractivity contribution in [3.8, 4) is 0 Å². The molecule has 1 radical (unpaired) electrons. The molecule has 4 heteroatoms. The largest absolute Gasteiger partial charge is 0.512 e. The van der Waals surface area contributed by atoms with Crippen LogP contribution in [0.3, 0.4) is 0 Å². The number of hydrogen-bond donors (Lipinski definition) is 1. The summed E-state index contributed by atoms with van der Waals surface area (Å²) < 4.78 is 0. The van der Waals surface area contributed by atoms with Crippen molar-refractivity contribution in [1.82, 2.24) is 0 Å². The van der Waals surface area contributed by atoms with Crippen LogP contribution >= 0.6 is 0 Å². The number of aliphatic hydroxyl groups excluding tert-OH is 1. The van der Waals surface area contributed by atoms with Crippen molar-refractivity contribution in [3.05, 3.63) is 82.7 Å². The fraction of sp³-hybridized carbons (Fsp3) is 0.385.